The SMILES string of the molecule is COc1cc(CN2CC(=O)c3c(Br)nc(N)nc32)cc(OC)c1C. The van der Waals surface area contributed by atoms with Gasteiger partial charge in [-0.05, 0) is 40.5 Å². The van der Waals surface area contributed by atoms with E-state index in [2.05, 4.69) is 25.9 Å². The van der Waals surface area contributed by atoms with Crippen LogP contribution in [0.5, 0.6) is 11.5 Å². The van der Waals surface area contributed by atoms with Crippen molar-refractivity contribution in [2.45, 2.75) is 13.5 Å². The molecule has 0 fully saturated rings. The predicted molar refractivity (Wildman–Crippen MR) is 93.8 cm³/mol. The molecule has 0 unspecified atom stereocenters. The number of hydrogen-bond donors (Lipinski definition) is 1. The lowest BCUT2D eigenvalue weighted by Crippen LogP contribution is -2.22. The van der Waals surface area contributed by atoms with Crippen LogP contribution in [-0.2, 0) is 6.54 Å². The Labute approximate surface area is 147 Å². The summed E-state index contributed by atoms with van der Waals surface area (Å²) in [5.41, 5.74) is 8.06. The number of Topliss-reactive ketones (excluding diaryl/α,β-unsaturated/α-hetero) is 1. The van der Waals surface area contributed by atoms with Crippen LogP contribution in [0.3, 0.4) is 0 Å². The summed E-state index contributed by atoms with van der Waals surface area (Å²) in [6.45, 7) is 2.64. The lowest BCUT2D eigenvalue weighted by molar-refractivity contribution is 0.101. The minimum atomic E-state index is -0.0390. The fraction of sp³-hybridized carbons (Fsp3) is 0.312. The molecule has 2 N–H and O–H groups in total. The third-order valence-electron chi connectivity index (χ3n) is 3.96. The van der Waals surface area contributed by atoms with Crippen molar-refractivity contribution >= 4 is 33.5 Å². The summed E-state index contributed by atoms with van der Waals surface area (Å²) in [5.74, 6) is 2.09. The van der Waals surface area contributed by atoms with Gasteiger partial charge in [0.15, 0.2) is 5.78 Å². The molecule has 0 amide bonds. The summed E-state index contributed by atoms with van der Waals surface area (Å²) in [6.07, 6.45) is 0. The molecule has 2 heterocycles. The van der Waals surface area contributed by atoms with Crippen LogP contribution in [0.25, 0.3) is 0 Å². The van der Waals surface area contributed by atoms with Gasteiger partial charge >= 0.3 is 0 Å². The normalized spacial score (nSPS) is 13.2. The lowest BCUT2D eigenvalue weighted by atomic mass is 10.1. The quantitative estimate of drug-likeness (QED) is 0.798. The first kappa shape index (κ1) is 16.5. The van der Waals surface area contributed by atoms with Gasteiger partial charge in [0.05, 0.1) is 26.3 Å². The number of benzene rings is 1. The predicted octanol–water partition coefficient (Wildman–Crippen LogP) is 2.35. The smallest absolute Gasteiger partial charge is 0.223 e. The summed E-state index contributed by atoms with van der Waals surface area (Å²) in [4.78, 5) is 22.3. The van der Waals surface area contributed by atoms with Crippen LogP contribution in [0, 0.1) is 6.92 Å². The first-order chi connectivity index (χ1) is 11.4. The number of ether oxygens (including phenoxy) is 2. The molecule has 1 aliphatic heterocycles. The number of aromatic nitrogens is 2. The Kier molecular flexibility index (Phi) is 4.31. The number of nitrogens with zero attached hydrogens (tertiary/aromatic N) is 3. The van der Waals surface area contributed by atoms with E-state index in [1.54, 1.807) is 14.2 Å². The summed E-state index contributed by atoms with van der Waals surface area (Å²) in [6, 6.07) is 3.86. The third-order valence-corrected chi connectivity index (χ3v) is 4.54. The molecular weight excluding hydrogens is 376 g/mol. The van der Waals surface area contributed by atoms with E-state index in [0.717, 1.165) is 22.6 Å². The summed E-state index contributed by atoms with van der Waals surface area (Å²) in [5, 5.41) is 0. The number of nitrogens with two attached hydrogens (primary N) is 1. The molecule has 1 aromatic heterocycles. The largest absolute Gasteiger partial charge is 0.496 e. The van der Waals surface area contributed by atoms with Crippen molar-refractivity contribution in [3.8, 4) is 11.5 Å². The molecule has 0 aliphatic carbocycles. The molecule has 0 bridgehead atoms. The maximum absolute atomic E-state index is 12.3. The lowest BCUT2D eigenvalue weighted by Gasteiger charge is -2.19. The molecule has 0 saturated carbocycles. The molecule has 126 valence electrons. The number of nitrogen functional groups attached to an aromatic ring is 1. The van der Waals surface area contributed by atoms with Crippen molar-refractivity contribution in [2.24, 2.45) is 0 Å². The van der Waals surface area contributed by atoms with E-state index in [-0.39, 0.29) is 18.3 Å². The number of halogens is 1. The zero-order chi connectivity index (χ0) is 17.4. The molecule has 8 heteroatoms. The van der Waals surface area contributed by atoms with Gasteiger partial charge in [-0.2, -0.15) is 4.98 Å². The number of anilines is 2. The fourth-order valence-electron chi connectivity index (χ4n) is 2.82. The number of ketones is 1. The van der Waals surface area contributed by atoms with Gasteiger partial charge in [0.2, 0.25) is 5.95 Å². The Hall–Kier alpha value is -2.35. The summed E-state index contributed by atoms with van der Waals surface area (Å²) < 4.78 is 11.2. The van der Waals surface area contributed by atoms with Crippen LogP contribution in [0.15, 0.2) is 16.7 Å². The molecule has 0 spiro atoms. The number of fused-ring (bicyclic) bond motifs is 1. The molecule has 1 aromatic carbocycles. The second kappa shape index (κ2) is 6.27. The number of carbonyl (C=O) groups is 1. The van der Waals surface area contributed by atoms with Gasteiger partial charge in [-0.3, -0.25) is 4.79 Å². The van der Waals surface area contributed by atoms with Crippen LogP contribution in [0.4, 0.5) is 11.8 Å². The molecule has 24 heavy (non-hydrogen) atoms. The maximum Gasteiger partial charge on any atom is 0.223 e. The van der Waals surface area contributed by atoms with Crippen molar-refractivity contribution in [3.63, 3.8) is 0 Å². The summed E-state index contributed by atoms with van der Waals surface area (Å²) >= 11 is 3.29. The highest BCUT2D eigenvalue weighted by Crippen LogP contribution is 2.35. The van der Waals surface area contributed by atoms with Gasteiger partial charge in [0.1, 0.15) is 21.9 Å². The average Bonchev–Trinajstić information content (AvgIpc) is 2.84. The fourth-order valence-corrected chi connectivity index (χ4v) is 3.40. The molecule has 0 radical (unpaired) electrons. The molecule has 0 atom stereocenters. The number of methoxy groups -OCH3 is 2. The highest BCUT2D eigenvalue weighted by molar-refractivity contribution is 9.10. The van der Waals surface area contributed by atoms with Gasteiger partial charge in [0.25, 0.3) is 0 Å². The Balaban J connectivity index is 1.98. The molecule has 2 aromatic rings. The maximum atomic E-state index is 12.3. The zero-order valence-electron chi connectivity index (χ0n) is 13.6. The highest BCUT2D eigenvalue weighted by atomic mass is 79.9. The minimum absolute atomic E-state index is 0.0390. The molecule has 1 aliphatic rings. The van der Waals surface area contributed by atoms with Gasteiger partial charge in [0, 0.05) is 12.1 Å². The second-order valence-electron chi connectivity index (χ2n) is 5.48. The first-order valence-corrected chi connectivity index (χ1v) is 8.06. The Morgan fingerprint density at radius 1 is 1.25 bits per heavy atom. The van der Waals surface area contributed by atoms with E-state index >= 15 is 0 Å². The number of hydrogen-bond acceptors (Lipinski definition) is 7. The monoisotopic (exact) mass is 392 g/mol. The Bertz CT molecular complexity index is 800. The highest BCUT2D eigenvalue weighted by Gasteiger charge is 2.32. The van der Waals surface area contributed by atoms with Crippen molar-refractivity contribution in [2.75, 3.05) is 31.4 Å². The minimum Gasteiger partial charge on any atom is -0.496 e. The van der Waals surface area contributed by atoms with Gasteiger partial charge < -0.3 is 20.1 Å². The number of rotatable bonds is 4. The van der Waals surface area contributed by atoms with Crippen molar-refractivity contribution in [1.82, 2.24) is 9.97 Å². The number of carbonyl (C=O) groups excluding carboxylic acids is 1. The average molecular weight is 393 g/mol. The zero-order valence-corrected chi connectivity index (χ0v) is 15.2. The Morgan fingerprint density at radius 2 is 1.88 bits per heavy atom. The first-order valence-electron chi connectivity index (χ1n) is 7.27. The van der Waals surface area contributed by atoms with Crippen LogP contribution in [-0.4, -0.2) is 36.5 Å². The van der Waals surface area contributed by atoms with E-state index in [1.165, 1.54) is 0 Å². The van der Waals surface area contributed by atoms with Gasteiger partial charge in [-0.1, -0.05) is 0 Å². The van der Waals surface area contributed by atoms with E-state index in [1.807, 2.05) is 24.0 Å². The van der Waals surface area contributed by atoms with Gasteiger partial charge in [-0.25, -0.2) is 4.98 Å². The standard InChI is InChI=1S/C16H17BrN4O3/c1-8-11(23-2)4-9(5-12(8)24-3)6-21-7-10(22)13-14(17)19-16(18)20-15(13)21/h4-5H,6-7H2,1-3H3,(H2,18,19,20). The van der Waals surface area contributed by atoms with Crippen LogP contribution in [0.1, 0.15) is 21.5 Å². The molecule has 3 rings (SSSR count). The van der Waals surface area contributed by atoms with Crippen LogP contribution in [0.2, 0.25) is 0 Å². The molecule has 0 saturated heterocycles. The van der Waals surface area contributed by atoms with E-state index < -0.39 is 0 Å². The topological polar surface area (TPSA) is 90.6 Å². The molecular formula is C16H17BrN4O3. The molecule has 7 nitrogen and oxygen atoms in total. The van der Waals surface area contributed by atoms with E-state index in [9.17, 15) is 4.79 Å². The van der Waals surface area contributed by atoms with Crippen LogP contribution < -0.4 is 20.1 Å². The van der Waals surface area contributed by atoms with Crippen molar-refractivity contribution in [3.05, 3.63) is 33.4 Å². The van der Waals surface area contributed by atoms with Crippen molar-refractivity contribution in [1.29, 1.82) is 0 Å². The van der Waals surface area contributed by atoms with E-state index in [4.69, 9.17) is 15.2 Å². The third kappa shape index (κ3) is 2.77. The second-order valence-corrected chi connectivity index (χ2v) is 6.23. The van der Waals surface area contributed by atoms with E-state index in [0.29, 0.717) is 22.5 Å². The van der Waals surface area contributed by atoms with Crippen LogP contribution >= 0.6 is 15.9 Å². The van der Waals surface area contributed by atoms with Gasteiger partial charge in [-0.15, -0.1) is 0 Å². The summed E-state index contributed by atoms with van der Waals surface area (Å²) in [7, 11) is 3.23. The Morgan fingerprint density at radius 3 is 2.46 bits per heavy atom. The van der Waals surface area contributed by atoms with Crippen molar-refractivity contribution < 1.29 is 14.3 Å².